The van der Waals surface area contributed by atoms with Gasteiger partial charge in [0.2, 0.25) is 11.8 Å². The molecule has 0 fully saturated rings. The maximum absolute atomic E-state index is 5.69. The number of aryl methyl sites for hydroxylation is 1. The van der Waals surface area contributed by atoms with E-state index < -0.39 is 0 Å². The highest BCUT2D eigenvalue weighted by molar-refractivity contribution is 5.33. The minimum absolute atomic E-state index is 0.550. The lowest BCUT2D eigenvalue weighted by atomic mass is 10.2. The Morgan fingerprint density at radius 2 is 2.17 bits per heavy atom. The Balaban J connectivity index is 2.09. The van der Waals surface area contributed by atoms with Crippen molar-refractivity contribution in [2.45, 2.75) is 20.3 Å². The van der Waals surface area contributed by atoms with Crippen molar-refractivity contribution in [2.24, 2.45) is 0 Å². The van der Waals surface area contributed by atoms with Gasteiger partial charge in [0, 0.05) is 18.8 Å². The zero-order chi connectivity index (χ0) is 12.8. The van der Waals surface area contributed by atoms with Crippen molar-refractivity contribution in [1.29, 1.82) is 0 Å². The minimum atomic E-state index is 0.550. The SMILES string of the molecule is CCCNc1nccc(Oc2cccc(C)c2)n1. The number of benzene rings is 1. The van der Waals surface area contributed by atoms with Crippen LogP contribution in [0.1, 0.15) is 18.9 Å². The molecule has 2 aromatic rings. The van der Waals surface area contributed by atoms with Gasteiger partial charge in [0.15, 0.2) is 0 Å². The molecular weight excluding hydrogens is 226 g/mol. The average Bonchev–Trinajstić information content (AvgIpc) is 2.37. The van der Waals surface area contributed by atoms with E-state index in [0.717, 1.165) is 24.3 Å². The smallest absolute Gasteiger partial charge is 0.225 e. The van der Waals surface area contributed by atoms with Crippen molar-refractivity contribution in [3.63, 3.8) is 0 Å². The van der Waals surface area contributed by atoms with Crippen LogP contribution in [0.2, 0.25) is 0 Å². The van der Waals surface area contributed by atoms with Gasteiger partial charge in [0.1, 0.15) is 5.75 Å². The third-order valence-electron chi connectivity index (χ3n) is 2.38. The van der Waals surface area contributed by atoms with E-state index in [0.29, 0.717) is 11.8 Å². The summed E-state index contributed by atoms with van der Waals surface area (Å²) < 4.78 is 5.69. The summed E-state index contributed by atoms with van der Waals surface area (Å²) in [6.07, 6.45) is 2.72. The van der Waals surface area contributed by atoms with Gasteiger partial charge in [0.25, 0.3) is 0 Å². The second kappa shape index (κ2) is 6.00. The molecule has 18 heavy (non-hydrogen) atoms. The van der Waals surface area contributed by atoms with Crippen LogP contribution < -0.4 is 10.1 Å². The predicted molar refractivity (Wildman–Crippen MR) is 72.1 cm³/mol. The lowest BCUT2D eigenvalue weighted by molar-refractivity contribution is 0.462. The molecule has 1 heterocycles. The average molecular weight is 243 g/mol. The van der Waals surface area contributed by atoms with Crippen LogP contribution >= 0.6 is 0 Å². The van der Waals surface area contributed by atoms with Gasteiger partial charge >= 0.3 is 0 Å². The summed E-state index contributed by atoms with van der Waals surface area (Å²) in [6.45, 7) is 4.98. The van der Waals surface area contributed by atoms with E-state index in [1.807, 2.05) is 31.2 Å². The summed E-state index contributed by atoms with van der Waals surface area (Å²) in [7, 11) is 0. The van der Waals surface area contributed by atoms with E-state index in [1.54, 1.807) is 12.3 Å². The molecule has 0 spiro atoms. The zero-order valence-electron chi connectivity index (χ0n) is 10.7. The van der Waals surface area contributed by atoms with Crippen molar-refractivity contribution < 1.29 is 4.74 Å². The molecule has 1 aromatic heterocycles. The van der Waals surface area contributed by atoms with Gasteiger partial charge in [-0.15, -0.1) is 0 Å². The quantitative estimate of drug-likeness (QED) is 0.874. The first-order valence-corrected chi connectivity index (χ1v) is 6.09. The molecular formula is C14H17N3O. The Labute approximate surface area is 107 Å². The maximum atomic E-state index is 5.69. The number of nitrogens with one attached hydrogen (secondary N) is 1. The zero-order valence-corrected chi connectivity index (χ0v) is 10.7. The highest BCUT2D eigenvalue weighted by Crippen LogP contribution is 2.20. The van der Waals surface area contributed by atoms with Crippen LogP contribution in [0.4, 0.5) is 5.95 Å². The second-order valence-electron chi connectivity index (χ2n) is 4.06. The standard InChI is InChI=1S/C14H17N3O/c1-3-8-15-14-16-9-7-13(17-14)18-12-6-4-5-11(2)10-12/h4-7,9-10H,3,8H2,1-2H3,(H,15,16,17). The van der Waals surface area contributed by atoms with Crippen LogP contribution in [0.25, 0.3) is 0 Å². The third kappa shape index (κ3) is 3.45. The van der Waals surface area contributed by atoms with Gasteiger partial charge in [-0.3, -0.25) is 0 Å². The number of anilines is 1. The molecule has 4 nitrogen and oxygen atoms in total. The Kier molecular flexibility index (Phi) is 4.12. The summed E-state index contributed by atoms with van der Waals surface area (Å²) in [5.41, 5.74) is 1.16. The Morgan fingerprint density at radius 1 is 1.28 bits per heavy atom. The first kappa shape index (κ1) is 12.4. The van der Waals surface area contributed by atoms with Crippen LogP contribution in [-0.2, 0) is 0 Å². The Morgan fingerprint density at radius 3 is 2.94 bits per heavy atom. The molecule has 0 aliphatic heterocycles. The van der Waals surface area contributed by atoms with Crippen LogP contribution in [-0.4, -0.2) is 16.5 Å². The molecule has 1 aromatic carbocycles. The lowest BCUT2D eigenvalue weighted by Gasteiger charge is -2.07. The van der Waals surface area contributed by atoms with Crippen molar-refractivity contribution in [2.75, 3.05) is 11.9 Å². The maximum Gasteiger partial charge on any atom is 0.225 e. The summed E-state index contributed by atoms with van der Waals surface area (Å²) in [6, 6.07) is 9.62. The van der Waals surface area contributed by atoms with Crippen molar-refractivity contribution in [3.8, 4) is 11.6 Å². The topological polar surface area (TPSA) is 47.0 Å². The normalized spacial score (nSPS) is 10.1. The van der Waals surface area contributed by atoms with Gasteiger partial charge < -0.3 is 10.1 Å². The van der Waals surface area contributed by atoms with E-state index in [4.69, 9.17) is 4.74 Å². The summed E-state index contributed by atoms with van der Waals surface area (Å²) in [4.78, 5) is 8.42. The van der Waals surface area contributed by atoms with Gasteiger partial charge in [0.05, 0.1) is 0 Å². The van der Waals surface area contributed by atoms with E-state index in [2.05, 4.69) is 22.2 Å². The van der Waals surface area contributed by atoms with Crippen molar-refractivity contribution in [3.05, 3.63) is 42.1 Å². The molecule has 0 bridgehead atoms. The molecule has 2 rings (SSSR count). The van der Waals surface area contributed by atoms with Gasteiger partial charge in [-0.05, 0) is 31.0 Å². The lowest BCUT2D eigenvalue weighted by Crippen LogP contribution is -2.04. The molecule has 0 saturated heterocycles. The molecule has 0 radical (unpaired) electrons. The fourth-order valence-corrected chi connectivity index (χ4v) is 1.52. The van der Waals surface area contributed by atoms with Crippen molar-refractivity contribution in [1.82, 2.24) is 9.97 Å². The molecule has 0 unspecified atom stereocenters. The number of ether oxygens (including phenoxy) is 1. The van der Waals surface area contributed by atoms with Crippen LogP contribution in [0.5, 0.6) is 11.6 Å². The van der Waals surface area contributed by atoms with Crippen molar-refractivity contribution >= 4 is 5.95 Å². The highest BCUT2D eigenvalue weighted by Gasteiger charge is 2.01. The number of rotatable bonds is 5. The minimum Gasteiger partial charge on any atom is -0.439 e. The Hall–Kier alpha value is -2.10. The Bertz CT molecular complexity index is 514. The van der Waals surface area contributed by atoms with E-state index in [1.165, 1.54) is 0 Å². The van der Waals surface area contributed by atoms with E-state index >= 15 is 0 Å². The van der Waals surface area contributed by atoms with E-state index in [-0.39, 0.29) is 0 Å². The largest absolute Gasteiger partial charge is 0.439 e. The van der Waals surface area contributed by atoms with Gasteiger partial charge in [-0.1, -0.05) is 19.1 Å². The monoisotopic (exact) mass is 243 g/mol. The molecule has 0 aliphatic carbocycles. The first-order chi connectivity index (χ1) is 8.78. The summed E-state index contributed by atoms with van der Waals surface area (Å²) in [5.74, 6) is 1.94. The number of hydrogen-bond donors (Lipinski definition) is 1. The molecule has 4 heteroatoms. The molecule has 0 aliphatic rings. The third-order valence-corrected chi connectivity index (χ3v) is 2.38. The van der Waals surface area contributed by atoms with Crippen LogP contribution in [0.15, 0.2) is 36.5 Å². The number of nitrogens with zero attached hydrogens (tertiary/aromatic N) is 2. The van der Waals surface area contributed by atoms with Gasteiger partial charge in [-0.25, -0.2) is 4.98 Å². The van der Waals surface area contributed by atoms with Gasteiger partial charge in [-0.2, -0.15) is 4.98 Å². The molecule has 0 atom stereocenters. The number of aromatic nitrogens is 2. The van der Waals surface area contributed by atoms with Crippen LogP contribution in [0, 0.1) is 6.92 Å². The molecule has 0 amide bonds. The molecule has 94 valence electrons. The summed E-state index contributed by atoms with van der Waals surface area (Å²) in [5, 5.41) is 3.13. The molecule has 0 saturated carbocycles. The van der Waals surface area contributed by atoms with Crippen LogP contribution in [0.3, 0.4) is 0 Å². The molecule has 1 N–H and O–H groups in total. The first-order valence-electron chi connectivity index (χ1n) is 6.09. The summed E-state index contributed by atoms with van der Waals surface area (Å²) >= 11 is 0. The van der Waals surface area contributed by atoms with E-state index in [9.17, 15) is 0 Å². The fourth-order valence-electron chi connectivity index (χ4n) is 1.52. The number of hydrogen-bond acceptors (Lipinski definition) is 4. The predicted octanol–water partition coefficient (Wildman–Crippen LogP) is 3.40. The second-order valence-corrected chi connectivity index (χ2v) is 4.06. The highest BCUT2D eigenvalue weighted by atomic mass is 16.5. The fraction of sp³-hybridized carbons (Fsp3) is 0.286.